The van der Waals surface area contributed by atoms with Crippen LogP contribution in [0.15, 0.2) is 109 Å². The Morgan fingerprint density at radius 1 is 0.348 bits per heavy atom. The minimum atomic E-state index is -1.52. The highest BCUT2D eigenvalue weighted by molar-refractivity contribution is 5.71. The van der Waals surface area contributed by atoms with Crippen LogP contribution in [-0.2, 0) is 33.3 Å². The van der Waals surface area contributed by atoms with Gasteiger partial charge in [-0.3, -0.25) is 9.59 Å². The number of aliphatic carboxylic acids is 1. The fraction of sp³-hybridized carbons (Fsp3) is 0.738. The van der Waals surface area contributed by atoms with E-state index in [1.54, 1.807) is 0 Å². The van der Waals surface area contributed by atoms with Crippen molar-refractivity contribution in [3.63, 3.8) is 0 Å². The van der Waals surface area contributed by atoms with Gasteiger partial charge < -0.3 is 28.5 Å². The molecule has 0 amide bonds. The number of quaternary nitrogens is 1. The lowest BCUT2D eigenvalue weighted by molar-refractivity contribution is -0.870. The van der Waals surface area contributed by atoms with Crippen LogP contribution in [0.4, 0.5) is 0 Å². The number of esters is 2. The van der Waals surface area contributed by atoms with Gasteiger partial charge in [-0.05, 0) is 103 Å². The van der Waals surface area contributed by atoms with Crippen molar-refractivity contribution < 1.29 is 42.9 Å². The summed E-state index contributed by atoms with van der Waals surface area (Å²) in [5, 5.41) is 9.76. The zero-order valence-electron chi connectivity index (χ0n) is 58.6. The number of carbonyl (C=O) groups is 3. The Morgan fingerprint density at radius 2 is 0.640 bits per heavy atom. The molecular formula is C80H140NO8+. The van der Waals surface area contributed by atoms with Crippen molar-refractivity contribution in [1.29, 1.82) is 0 Å². The molecule has 0 rings (SSSR count). The average molecular weight is 1240 g/mol. The molecule has 0 bridgehead atoms. The van der Waals surface area contributed by atoms with Crippen molar-refractivity contribution in [3.05, 3.63) is 109 Å². The molecule has 2 unspecified atom stereocenters. The lowest BCUT2D eigenvalue weighted by Gasteiger charge is -2.25. The molecule has 0 heterocycles. The number of rotatable bonds is 68. The molecule has 512 valence electrons. The van der Waals surface area contributed by atoms with E-state index < -0.39 is 24.3 Å². The summed E-state index contributed by atoms with van der Waals surface area (Å²) in [6, 6.07) is 0. The number of ether oxygens (including phenoxy) is 4. The smallest absolute Gasteiger partial charge is 0.361 e. The van der Waals surface area contributed by atoms with Gasteiger partial charge in [-0.1, -0.05) is 316 Å². The summed E-state index contributed by atoms with van der Waals surface area (Å²) in [4.78, 5) is 37.7. The van der Waals surface area contributed by atoms with Crippen molar-refractivity contribution in [2.75, 3.05) is 47.5 Å². The Balaban J connectivity index is 4.10. The summed E-state index contributed by atoms with van der Waals surface area (Å²) in [5.74, 6) is -2.00. The summed E-state index contributed by atoms with van der Waals surface area (Å²) in [5.41, 5.74) is 0. The second kappa shape index (κ2) is 69.8. The monoisotopic (exact) mass is 1240 g/mol. The third kappa shape index (κ3) is 71.3. The highest BCUT2D eigenvalue weighted by Crippen LogP contribution is 2.18. The average Bonchev–Trinajstić information content (AvgIpc) is 3.64. The van der Waals surface area contributed by atoms with Crippen LogP contribution in [0.25, 0.3) is 0 Å². The van der Waals surface area contributed by atoms with Crippen LogP contribution in [-0.4, -0.2) is 87.4 Å². The molecule has 1 N–H and O–H groups in total. The second-order valence-corrected chi connectivity index (χ2v) is 25.9. The highest BCUT2D eigenvalue weighted by atomic mass is 16.7. The molecular weight excluding hydrogens is 1100 g/mol. The minimum Gasteiger partial charge on any atom is -0.477 e. The molecule has 0 aromatic rings. The van der Waals surface area contributed by atoms with Crippen LogP contribution >= 0.6 is 0 Å². The zero-order chi connectivity index (χ0) is 64.7. The molecule has 0 fully saturated rings. The quantitative estimate of drug-likeness (QED) is 0.0211. The SMILES string of the molecule is CC/C=C\C/C=C\C/C=C\C/C=C\C/C=C\C/C=C\C/C=C\CCCCCCCCCCCCCC(=O)OC(COC(=O)CCCCCCCCCCCCCCCCCCCCC/C=C\C/C=C\CCCCCCC)COC(OCC[N+](C)(C)C)C(=O)O. The Bertz CT molecular complexity index is 1830. The van der Waals surface area contributed by atoms with Gasteiger partial charge in [-0.2, -0.15) is 0 Å². The van der Waals surface area contributed by atoms with Gasteiger partial charge in [0.05, 0.1) is 34.4 Å². The van der Waals surface area contributed by atoms with E-state index in [1.807, 2.05) is 21.1 Å². The normalized spacial score (nSPS) is 13.3. The Labute approximate surface area is 549 Å². The number of hydrogen-bond donors (Lipinski definition) is 1. The Hall–Kier alpha value is -4.05. The number of carboxylic acid groups (broad SMARTS) is 1. The third-order valence-electron chi connectivity index (χ3n) is 16.0. The van der Waals surface area contributed by atoms with E-state index in [0.29, 0.717) is 23.9 Å². The van der Waals surface area contributed by atoms with Crippen LogP contribution in [0.5, 0.6) is 0 Å². The van der Waals surface area contributed by atoms with E-state index in [2.05, 4.69) is 123 Å². The topological polar surface area (TPSA) is 108 Å². The predicted octanol–water partition coefficient (Wildman–Crippen LogP) is 23.4. The first kappa shape index (κ1) is 85.0. The molecule has 0 aromatic heterocycles. The Morgan fingerprint density at radius 3 is 0.955 bits per heavy atom. The van der Waals surface area contributed by atoms with Crippen LogP contribution in [0.3, 0.4) is 0 Å². The fourth-order valence-corrected chi connectivity index (χ4v) is 10.4. The van der Waals surface area contributed by atoms with Gasteiger partial charge >= 0.3 is 17.9 Å². The van der Waals surface area contributed by atoms with E-state index in [0.717, 1.165) is 96.3 Å². The highest BCUT2D eigenvalue weighted by Gasteiger charge is 2.25. The number of nitrogens with zero attached hydrogens (tertiary/aromatic N) is 1. The molecule has 2 atom stereocenters. The van der Waals surface area contributed by atoms with Gasteiger partial charge in [0.2, 0.25) is 0 Å². The summed E-state index contributed by atoms with van der Waals surface area (Å²) in [7, 11) is 5.98. The van der Waals surface area contributed by atoms with Crippen LogP contribution < -0.4 is 0 Å². The first-order chi connectivity index (χ1) is 43.6. The van der Waals surface area contributed by atoms with E-state index in [1.165, 1.54) is 193 Å². The minimum absolute atomic E-state index is 0.184. The van der Waals surface area contributed by atoms with Crippen molar-refractivity contribution in [2.45, 2.75) is 334 Å². The molecule has 0 spiro atoms. The van der Waals surface area contributed by atoms with Crippen molar-refractivity contribution in [2.24, 2.45) is 0 Å². The van der Waals surface area contributed by atoms with E-state index in [4.69, 9.17) is 18.9 Å². The summed E-state index contributed by atoms with van der Waals surface area (Å²) in [6.45, 7) is 4.78. The molecule has 0 aliphatic carbocycles. The number of carboxylic acids is 1. The maximum absolute atomic E-state index is 13.0. The first-order valence-corrected chi connectivity index (χ1v) is 37.1. The number of allylic oxidation sites excluding steroid dienone is 18. The number of unbranched alkanes of at least 4 members (excludes halogenated alkanes) is 35. The molecule has 9 nitrogen and oxygen atoms in total. The van der Waals surface area contributed by atoms with E-state index in [9.17, 15) is 19.5 Å². The molecule has 89 heavy (non-hydrogen) atoms. The molecule has 0 radical (unpaired) electrons. The first-order valence-electron chi connectivity index (χ1n) is 37.1. The standard InChI is InChI=1S/C80H139NO8/c1-6-8-10-12-14-16-18-20-22-24-26-28-30-32-34-36-38-39-41-43-45-47-49-51-53-55-57-59-61-63-65-67-69-71-78(83)89-76(75-88-80(79(84)85)86-73-72-81(3,4)5)74-87-77(82)70-68-66-64-62-60-58-56-54-52-50-48-46-44-42-40-37-35-33-31-29-27-25-23-21-19-17-15-13-11-9-7-2/h8,10,14,16,19-22,25-28,32,34,38-39,43,45,76,80H,6-7,9,11-13,15,17-18,23-24,29-31,33,35-37,40-42,44,46-75H2,1-5H3/p+1/b10-8-,16-14-,21-19-,22-20-,27-25-,28-26-,34-32-,39-38-,45-43-. The fourth-order valence-electron chi connectivity index (χ4n) is 10.4. The summed E-state index contributed by atoms with van der Waals surface area (Å²) in [6.07, 6.45) is 94.9. The van der Waals surface area contributed by atoms with Crippen LogP contribution in [0.1, 0.15) is 322 Å². The number of hydrogen-bond acceptors (Lipinski definition) is 7. The van der Waals surface area contributed by atoms with Crippen molar-refractivity contribution >= 4 is 17.9 Å². The summed E-state index contributed by atoms with van der Waals surface area (Å²) >= 11 is 0. The maximum Gasteiger partial charge on any atom is 0.361 e. The predicted molar refractivity (Wildman–Crippen MR) is 382 cm³/mol. The lowest BCUT2D eigenvalue weighted by atomic mass is 10.0. The van der Waals surface area contributed by atoms with Gasteiger partial charge in [0, 0.05) is 12.8 Å². The Kier molecular flexibility index (Phi) is 66.7. The van der Waals surface area contributed by atoms with Crippen LogP contribution in [0.2, 0.25) is 0 Å². The summed E-state index contributed by atoms with van der Waals surface area (Å²) < 4.78 is 23.0. The lowest BCUT2D eigenvalue weighted by Crippen LogP contribution is -2.40. The van der Waals surface area contributed by atoms with Gasteiger partial charge in [-0.25, -0.2) is 4.79 Å². The van der Waals surface area contributed by atoms with Gasteiger partial charge in [0.15, 0.2) is 6.10 Å². The van der Waals surface area contributed by atoms with Gasteiger partial charge in [-0.15, -0.1) is 0 Å². The number of likely N-dealkylation sites (N-methyl/N-ethyl adjacent to an activating group) is 1. The molecule has 0 aliphatic heterocycles. The van der Waals surface area contributed by atoms with E-state index in [-0.39, 0.29) is 32.2 Å². The van der Waals surface area contributed by atoms with Crippen molar-refractivity contribution in [1.82, 2.24) is 0 Å². The maximum atomic E-state index is 13.0. The third-order valence-corrected chi connectivity index (χ3v) is 16.0. The molecule has 9 heteroatoms. The molecule has 0 aliphatic rings. The van der Waals surface area contributed by atoms with Crippen molar-refractivity contribution in [3.8, 4) is 0 Å². The molecule has 0 saturated heterocycles. The largest absolute Gasteiger partial charge is 0.477 e. The van der Waals surface area contributed by atoms with E-state index >= 15 is 0 Å². The number of carbonyl (C=O) groups excluding carboxylic acids is 2. The molecule has 0 aromatic carbocycles. The van der Waals surface area contributed by atoms with Crippen LogP contribution in [0, 0.1) is 0 Å². The van der Waals surface area contributed by atoms with Gasteiger partial charge in [0.25, 0.3) is 6.29 Å². The van der Waals surface area contributed by atoms with Gasteiger partial charge in [0.1, 0.15) is 13.2 Å². The molecule has 0 saturated carbocycles. The second-order valence-electron chi connectivity index (χ2n) is 25.9. The zero-order valence-corrected chi connectivity index (χ0v) is 58.6.